The van der Waals surface area contributed by atoms with Gasteiger partial charge in [-0.1, -0.05) is 23.2 Å². The van der Waals surface area contributed by atoms with Crippen molar-refractivity contribution in [2.75, 3.05) is 0 Å². The number of rotatable bonds is 1. The molecule has 0 saturated carbocycles. The van der Waals surface area contributed by atoms with Gasteiger partial charge in [0.05, 0.1) is 10.5 Å². The summed E-state index contributed by atoms with van der Waals surface area (Å²) in [5.41, 5.74) is 1.19. The van der Waals surface area contributed by atoms with E-state index in [-0.39, 0.29) is 11.1 Å². The Morgan fingerprint density at radius 2 is 1.79 bits per heavy atom. The highest BCUT2D eigenvalue weighted by molar-refractivity contribution is 6.31. The number of benzene rings is 1. The zero-order chi connectivity index (χ0) is 13.4. The lowest BCUT2D eigenvalue weighted by atomic mass is 10.2. The van der Waals surface area contributed by atoms with Gasteiger partial charge in [0.15, 0.2) is 5.52 Å². The quantitative estimate of drug-likeness (QED) is 0.748. The summed E-state index contributed by atoms with van der Waals surface area (Å²) in [5.74, 6) is 0.457. The highest BCUT2D eigenvalue weighted by atomic mass is 35.5. The minimum atomic E-state index is -0.299. The van der Waals surface area contributed by atoms with E-state index in [4.69, 9.17) is 23.2 Å². The maximum atomic E-state index is 11.9. The van der Waals surface area contributed by atoms with Crippen LogP contribution in [0.25, 0.3) is 22.4 Å². The lowest BCUT2D eigenvalue weighted by molar-refractivity contribution is 1.15. The molecule has 2 aromatic heterocycles. The topological polar surface area (TPSA) is 58.6 Å². The second-order valence-electron chi connectivity index (χ2n) is 3.94. The fourth-order valence-electron chi connectivity index (χ4n) is 1.75. The molecule has 0 atom stereocenters. The molecule has 6 heteroatoms. The number of aromatic nitrogens is 3. The summed E-state index contributed by atoms with van der Waals surface area (Å²) in [4.78, 5) is 22.9. The third kappa shape index (κ3) is 2.32. The summed E-state index contributed by atoms with van der Waals surface area (Å²) in [6.07, 6.45) is 1.42. The maximum Gasteiger partial charge on any atom is 0.277 e. The molecule has 0 radical (unpaired) electrons. The fourth-order valence-corrected chi connectivity index (χ4v) is 2.03. The summed E-state index contributed by atoms with van der Waals surface area (Å²) in [6, 6.07) is 8.64. The Balaban J connectivity index is 2.25. The van der Waals surface area contributed by atoms with Crippen LogP contribution in [0, 0.1) is 0 Å². The van der Waals surface area contributed by atoms with Crippen molar-refractivity contribution in [2.24, 2.45) is 0 Å². The van der Waals surface area contributed by atoms with Crippen molar-refractivity contribution in [1.29, 1.82) is 0 Å². The van der Waals surface area contributed by atoms with Crippen LogP contribution in [0.4, 0.5) is 0 Å². The Hall–Kier alpha value is -1.91. The van der Waals surface area contributed by atoms with Gasteiger partial charge in [0.25, 0.3) is 5.56 Å². The van der Waals surface area contributed by atoms with Crippen LogP contribution in [0.5, 0.6) is 0 Å². The van der Waals surface area contributed by atoms with Gasteiger partial charge >= 0.3 is 0 Å². The lowest BCUT2D eigenvalue weighted by Crippen LogP contribution is -2.10. The molecule has 94 valence electrons. The third-order valence-electron chi connectivity index (χ3n) is 2.63. The second kappa shape index (κ2) is 4.64. The number of hydrogen-bond acceptors (Lipinski definition) is 3. The first-order valence-corrected chi connectivity index (χ1v) is 6.20. The molecule has 1 aromatic carbocycles. The molecule has 0 saturated heterocycles. The Morgan fingerprint density at radius 3 is 2.53 bits per heavy atom. The molecule has 0 unspecified atom stereocenters. The van der Waals surface area contributed by atoms with Gasteiger partial charge in [0, 0.05) is 16.8 Å². The van der Waals surface area contributed by atoms with E-state index in [2.05, 4.69) is 15.0 Å². The molecule has 0 amide bonds. The molecule has 0 spiro atoms. The minimum Gasteiger partial charge on any atom is -0.305 e. The number of nitrogens with one attached hydrogen (secondary N) is 1. The van der Waals surface area contributed by atoms with Gasteiger partial charge in [-0.05, 0) is 30.3 Å². The van der Waals surface area contributed by atoms with E-state index < -0.39 is 0 Å². The largest absolute Gasteiger partial charge is 0.305 e. The zero-order valence-corrected chi connectivity index (χ0v) is 11.0. The normalized spacial score (nSPS) is 10.8. The SMILES string of the molecule is O=c1[nH]c(-c2ccc(Cl)cc2)nc2cc(Cl)cnc12. The summed E-state index contributed by atoms with van der Waals surface area (Å²) >= 11 is 11.7. The smallest absolute Gasteiger partial charge is 0.277 e. The standard InChI is InChI=1S/C13H7Cl2N3O/c14-8-3-1-7(2-4-8)12-17-10-5-9(15)6-16-11(10)13(19)18-12/h1-6H,(H,17,18,19). The van der Waals surface area contributed by atoms with E-state index in [0.29, 0.717) is 21.4 Å². The minimum absolute atomic E-state index is 0.266. The Labute approximate surface area is 118 Å². The van der Waals surface area contributed by atoms with Crippen molar-refractivity contribution >= 4 is 34.2 Å². The van der Waals surface area contributed by atoms with Crippen LogP contribution < -0.4 is 5.56 Å². The number of aromatic amines is 1. The first kappa shape index (κ1) is 12.1. The molecule has 0 bridgehead atoms. The number of fused-ring (bicyclic) bond motifs is 1. The Bertz CT molecular complexity index is 812. The van der Waals surface area contributed by atoms with Gasteiger partial charge in [0.1, 0.15) is 5.82 Å². The van der Waals surface area contributed by atoms with Gasteiger partial charge < -0.3 is 4.98 Å². The van der Waals surface area contributed by atoms with Crippen molar-refractivity contribution in [3.63, 3.8) is 0 Å². The van der Waals surface area contributed by atoms with Gasteiger partial charge in [-0.25, -0.2) is 9.97 Å². The highest BCUT2D eigenvalue weighted by Gasteiger charge is 2.07. The molecule has 4 nitrogen and oxygen atoms in total. The van der Waals surface area contributed by atoms with Crippen molar-refractivity contribution < 1.29 is 0 Å². The third-order valence-corrected chi connectivity index (χ3v) is 3.09. The summed E-state index contributed by atoms with van der Waals surface area (Å²) in [7, 11) is 0. The molecule has 0 fully saturated rings. The fraction of sp³-hybridized carbons (Fsp3) is 0. The Morgan fingerprint density at radius 1 is 1.05 bits per heavy atom. The monoisotopic (exact) mass is 291 g/mol. The van der Waals surface area contributed by atoms with E-state index in [9.17, 15) is 4.79 Å². The van der Waals surface area contributed by atoms with Gasteiger partial charge in [-0.2, -0.15) is 0 Å². The molecule has 3 aromatic rings. The average Bonchev–Trinajstić information content (AvgIpc) is 2.38. The van der Waals surface area contributed by atoms with Crippen LogP contribution in [0.1, 0.15) is 0 Å². The maximum absolute atomic E-state index is 11.9. The molecule has 2 heterocycles. The Kier molecular flexibility index (Phi) is 2.97. The van der Waals surface area contributed by atoms with Crippen LogP contribution in [-0.4, -0.2) is 15.0 Å². The second-order valence-corrected chi connectivity index (χ2v) is 4.82. The molecule has 0 aliphatic heterocycles. The van der Waals surface area contributed by atoms with E-state index in [1.807, 2.05) is 0 Å². The summed E-state index contributed by atoms with van der Waals surface area (Å²) in [6.45, 7) is 0. The molecular formula is C13H7Cl2N3O. The first-order chi connectivity index (χ1) is 9.13. The van der Waals surface area contributed by atoms with Crippen LogP contribution in [0.15, 0.2) is 41.3 Å². The van der Waals surface area contributed by atoms with Gasteiger partial charge in [0.2, 0.25) is 0 Å². The highest BCUT2D eigenvalue weighted by Crippen LogP contribution is 2.19. The van der Waals surface area contributed by atoms with Gasteiger partial charge in [-0.3, -0.25) is 4.79 Å². The van der Waals surface area contributed by atoms with Gasteiger partial charge in [-0.15, -0.1) is 0 Å². The van der Waals surface area contributed by atoms with E-state index in [1.54, 1.807) is 30.3 Å². The van der Waals surface area contributed by atoms with E-state index >= 15 is 0 Å². The van der Waals surface area contributed by atoms with E-state index in [1.165, 1.54) is 6.20 Å². The van der Waals surface area contributed by atoms with Crippen molar-refractivity contribution in [3.8, 4) is 11.4 Å². The van der Waals surface area contributed by atoms with Crippen LogP contribution in [0.3, 0.4) is 0 Å². The molecular weight excluding hydrogens is 285 g/mol. The van der Waals surface area contributed by atoms with Crippen molar-refractivity contribution in [1.82, 2.24) is 15.0 Å². The number of nitrogens with zero attached hydrogens (tertiary/aromatic N) is 2. The predicted octanol–water partition coefficient (Wildman–Crippen LogP) is 3.29. The van der Waals surface area contributed by atoms with Crippen molar-refractivity contribution in [3.05, 3.63) is 56.9 Å². The number of H-pyrrole nitrogens is 1. The number of halogens is 2. The number of hydrogen-bond donors (Lipinski definition) is 1. The molecule has 0 aliphatic rings. The van der Waals surface area contributed by atoms with Crippen LogP contribution in [0.2, 0.25) is 10.0 Å². The summed E-state index contributed by atoms with van der Waals surface area (Å²) < 4.78 is 0. The first-order valence-electron chi connectivity index (χ1n) is 5.45. The summed E-state index contributed by atoms with van der Waals surface area (Å²) in [5, 5.41) is 1.06. The zero-order valence-electron chi connectivity index (χ0n) is 9.52. The van der Waals surface area contributed by atoms with Crippen LogP contribution in [-0.2, 0) is 0 Å². The van der Waals surface area contributed by atoms with Crippen molar-refractivity contribution in [2.45, 2.75) is 0 Å². The van der Waals surface area contributed by atoms with Crippen LogP contribution >= 0.6 is 23.2 Å². The lowest BCUT2D eigenvalue weighted by Gasteiger charge is -2.03. The number of pyridine rings is 1. The molecule has 0 aliphatic carbocycles. The molecule has 3 rings (SSSR count). The molecule has 1 N–H and O–H groups in total. The predicted molar refractivity (Wildman–Crippen MR) is 75.6 cm³/mol. The van der Waals surface area contributed by atoms with E-state index in [0.717, 1.165) is 5.56 Å². The molecule has 19 heavy (non-hydrogen) atoms. The average molecular weight is 292 g/mol.